The molecule has 1 amide bonds. The van der Waals surface area contributed by atoms with Crippen LogP contribution in [0.4, 0.5) is 5.13 Å². The Hall–Kier alpha value is -1.86. The van der Waals surface area contributed by atoms with Crippen LogP contribution in [0.1, 0.15) is 30.1 Å². The van der Waals surface area contributed by atoms with Gasteiger partial charge in [0.2, 0.25) is 11.0 Å². The van der Waals surface area contributed by atoms with Gasteiger partial charge in [-0.1, -0.05) is 59.5 Å². The highest BCUT2D eigenvalue weighted by Crippen LogP contribution is 2.39. The monoisotopic (exact) mass is 374 g/mol. The molecule has 1 aromatic carbocycles. The second-order valence-electron chi connectivity index (χ2n) is 5.84. The number of nitrogens with zero attached hydrogens (tertiary/aromatic N) is 3. The molecule has 0 spiro atoms. The highest BCUT2D eigenvalue weighted by Gasteiger charge is 2.29. The summed E-state index contributed by atoms with van der Waals surface area (Å²) >= 11 is 2.96. The topological polar surface area (TPSA) is 58.1 Å². The second-order valence-corrected chi connectivity index (χ2v) is 8.17. The van der Waals surface area contributed by atoms with Gasteiger partial charge in [0.1, 0.15) is 5.25 Å². The Labute approximate surface area is 156 Å². The summed E-state index contributed by atoms with van der Waals surface area (Å²) in [6.45, 7) is 6.04. The number of hydrogen-bond acceptors (Lipinski definition) is 6. The molecule has 2 aromatic rings. The summed E-state index contributed by atoms with van der Waals surface area (Å²) in [5, 5.41) is 12.0. The zero-order valence-electron chi connectivity index (χ0n) is 14.1. The molecule has 1 aromatic heterocycles. The first-order valence-electron chi connectivity index (χ1n) is 8.46. The number of aromatic nitrogens is 2. The Bertz CT molecular complexity index is 698. The third kappa shape index (κ3) is 4.83. The first kappa shape index (κ1) is 17.9. The molecule has 2 heterocycles. The van der Waals surface area contributed by atoms with E-state index in [1.807, 2.05) is 35.2 Å². The molecule has 1 fully saturated rings. The van der Waals surface area contributed by atoms with Crippen molar-refractivity contribution < 1.29 is 4.79 Å². The van der Waals surface area contributed by atoms with E-state index in [2.05, 4.69) is 22.1 Å². The van der Waals surface area contributed by atoms with Crippen LogP contribution in [0.25, 0.3) is 0 Å². The molecule has 1 aliphatic rings. The molecule has 1 unspecified atom stereocenters. The van der Waals surface area contributed by atoms with Crippen LogP contribution in [0.3, 0.4) is 0 Å². The van der Waals surface area contributed by atoms with Gasteiger partial charge in [0, 0.05) is 19.6 Å². The minimum absolute atomic E-state index is 0.173. The fourth-order valence-electron chi connectivity index (χ4n) is 2.76. The number of carbonyl (C=O) groups is 1. The molecule has 25 heavy (non-hydrogen) atoms. The summed E-state index contributed by atoms with van der Waals surface area (Å²) in [4.78, 5) is 15.1. The molecule has 1 aliphatic heterocycles. The van der Waals surface area contributed by atoms with Crippen LogP contribution in [0.15, 0.2) is 47.3 Å². The molecule has 0 aliphatic carbocycles. The molecule has 1 N–H and O–H groups in total. The van der Waals surface area contributed by atoms with Gasteiger partial charge in [-0.25, -0.2) is 0 Å². The molecule has 0 radical (unpaired) electrons. The summed E-state index contributed by atoms with van der Waals surface area (Å²) in [5.41, 5.74) is 1.01. The summed E-state index contributed by atoms with van der Waals surface area (Å²) < 4.78 is 0.797. The maximum absolute atomic E-state index is 13.1. The molecule has 132 valence electrons. The fourth-order valence-corrected chi connectivity index (χ4v) is 4.79. The number of anilines is 1. The van der Waals surface area contributed by atoms with Crippen molar-refractivity contribution >= 4 is 34.1 Å². The molecule has 7 heteroatoms. The first-order valence-corrected chi connectivity index (χ1v) is 10.2. The van der Waals surface area contributed by atoms with Crippen LogP contribution in [-0.2, 0) is 4.79 Å². The lowest BCUT2D eigenvalue weighted by molar-refractivity contribution is -0.131. The van der Waals surface area contributed by atoms with Crippen LogP contribution in [0.5, 0.6) is 0 Å². The maximum Gasteiger partial charge on any atom is 0.240 e. The zero-order valence-corrected chi connectivity index (χ0v) is 15.7. The molecule has 1 atom stereocenters. The summed E-state index contributed by atoms with van der Waals surface area (Å²) in [6, 6.07) is 9.95. The number of nitrogens with one attached hydrogen (secondary N) is 1. The van der Waals surface area contributed by atoms with Crippen LogP contribution in [-0.4, -0.2) is 40.6 Å². The van der Waals surface area contributed by atoms with Crippen LogP contribution < -0.4 is 5.32 Å². The Morgan fingerprint density at radius 1 is 1.28 bits per heavy atom. The number of rotatable bonds is 7. The fraction of sp³-hybridized carbons (Fsp3) is 0.389. The molecule has 1 saturated heterocycles. The predicted molar refractivity (Wildman–Crippen MR) is 104 cm³/mol. The van der Waals surface area contributed by atoms with Crippen molar-refractivity contribution in [2.45, 2.75) is 28.9 Å². The quantitative estimate of drug-likeness (QED) is 0.587. The third-order valence-electron chi connectivity index (χ3n) is 4.02. The highest BCUT2D eigenvalue weighted by atomic mass is 32.2. The van der Waals surface area contributed by atoms with E-state index in [1.165, 1.54) is 29.5 Å². The smallest absolute Gasteiger partial charge is 0.240 e. The van der Waals surface area contributed by atoms with Gasteiger partial charge in [0.15, 0.2) is 4.34 Å². The Morgan fingerprint density at radius 2 is 2.04 bits per heavy atom. The van der Waals surface area contributed by atoms with Crippen LogP contribution in [0.2, 0.25) is 0 Å². The van der Waals surface area contributed by atoms with Gasteiger partial charge in [0.05, 0.1) is 0 Å². The van der Waals surface area contributed by atoms with Crippen molar-refractivity contribution in [1.82, 2.24) is 15.1 Å². The van der Waals surface area contributed by atoms with Gasteiger partial charge in [-0.3, -0.25) is 4.79 Å². The maximum atomic E-state index is 13.1. The summed E-state index contributed by atoms with van der Waals surface area (Å²) in [6.07, 6.45) is 5.17. The van der Waals surface area contributed by atoms with Crippen molar-refractivity contribution in [3.05, 3.63) is 48.6 Å². The van der Waals surface area contributed by atoms with Crippen molar-refractivity contribution in [3.8, 4) is 0 Å². The lowest BCUT2D eigenvalue weighted by Crippen LogP contribution is -2.38. The van der Waals surface area contributed by atoms with E-state index in [0.717, 1.165) is 41.0 Å². The van der Waals surface area contributed by atoms with Crippen molar-refractivity contribution in [2.75, 3.05) is 25.0 Å². The van der Waals surface area contributed by atoms with Gasteiger partial charge in [-0.15, -0.1) is 16.8 Å². The van der Waals surface area contributed by atoms with E-state index in [4.69, 9.17) is 0 Å². The van der Waals surface area contributed by atoms with Gasteiger partial charge in [0.25, 0.3) is 0 Å². The highest BCUT2D eigenvalue weighted by molar-refractivity contribution is 8.01. The minimum Gasteiger partial charge on any atom is -0.357 e. The average molecular weight is 375 g/mol. The van der Waals surface area contributed by atoms with Crippen molar-refractivity contribution in [3.63, 3.8) is 0 Å². The number of benzene rings is 1. The standard InChI is InChI=1S/C18H22N4OS2/c1-2-11-19-17-20-21-18(25-17)24-15(14-9-5-3-6-10-14)16(23)22-12-7-4-8-13-22/h2-3,5-6,9-10,15H,1,4,7-8,11-13H2,(H,19,20). The number of hydrogen-bond donors (Lipinski definition) is 1. The second kappa shape index (κ2) is 9.01. The average Bonchev–Trinajstić information content (AvgIpc) is 3.13. The number of piperidine rings is 1. The van der Waals surface area contributed by atoms with Gasteiger partial charge in [-0.2, -0.15) is 0 Å². The molecular weight excluding hydrogens is 352 g/mol. The minimum atomic E-state index is -0.278. The Morgan fingerprint density at radius 3 is 2.76 bits per heavy atom. The number of carbonyl (C=O) groups excluding carboxylic acids is 1. The van der Waals surface area contributed by atoms with E-state index in [0.29, 0.717) is 6.54 Å². The van der Waals surface area contributed by atoms with Gasteiger partial charge in [-0.05, 0) is 24.8 Å². The lowest BCUT2D eigenvalue weighted by Gasteiger charge is -2.30. The van der Waals surface area contributed by atoms with Crippen LogP contribution >= 0.6 is 23.1 Å². The van der Waals surface area contributed by atoms with Crippen LogP contribution in [0, 0.1) is 0 Å². The van der Waals surface area contributed by atoms with Gasteiger partial charge < -0.3 is 10.2 Å². The molecule has 0 bridgehead atoms. The zero-order chi connectivity index (χ0) is 17.5. The van der Waals surface area contributed by atoms with Gasteiger partial charge >= 0.3 is 0 Å². The first-order chi connectivity index (χ1) is 12.3. The van der Waals surface area contributed by atoms with E-state index in [-0.39, 0.29) is 11.2 Å². The predicted octanol–water partition coefficient (Wildman–Crippen LogP) is 3.98. The number of amides is 1. The SMILES string of the molecule is C=CCNc1nnc(SC(C(=O)N2CCCCC2)c2ccccc2)s1. The number of likely N-dealkylation sites (tertiary alicyclic amines) is 1. The van der Waals surface area contributed by atoms with E-state index < -0.39 is 0 Å². The Balaban J connectivity index is 1.77. The normalized spacial score (nSPS) is 15.6. The lowest BCUT2D eigenvalue weighted by atomic mass is 10.1. The van der Waals surface area contributed by atoms with Crippen molar-refractivity contribution in [2.24, 2.45) is 0 Å². The largest absolute Gasteiger partial charge is 0.357 e. The number of thioether (sulfide) groups is 1. The van der Waals surface area contributed by atoms with E-state index in [1.54, 1.807) is 6.08 Å². The molecule has 3 rings (SSSR count). The molecule has 5 nitrogen and oxygen atoms in total. The van der Waals surface area contributed by atoms with E-state index >= 15 is 0 Å². The molecule has 0 saturated carbocycles. The van der Waals surface area contributed by atoms with Crippen molar-refractivity contribution in [1.29, 1.82) is 0 Å². The summed E-state index contributed by atoms with van der Waals surface area (Å²) in [5.74, 6) is 0.173. The summed E-state index contributed by atoms with van der Waals surface area (Å²) in [7, 11) is 0. The Kier molecular flexibility index (Phi) is 6.47. The molecular formula is C18H22N4OS2. The third-order valence-corrected chi connectivity index (χ3v) is 6.22. The van der Waals surface area contributed by atoms with E-state index in [9.17, 15) is 4.79 Å².